The maximum atomic E-state index is 4.86. The van der Waals surface area contributed by atoms with Crippen molar-refractivity contribution in [2.24, 2.45) is 0 Å². The third kappa shape index (κ3) is 4.00. The van der Waals surface area contributed by atoms with E-state index >= 15 is 0 Å². The molecule has 0 spiro atoms. The molecule has 0 saturated carbocycles. The first-order valence-electron chi connectivity index (χ1n) is 9.52. The summed E-state index contributed by atoms with van der Waals surface area (Å²) in [4.78, 5) is 14.2. The number of unbranched alkanes of at least 4 members (excludes halogenated alkanes) is 1. The minimum Gasteiger partial charge on any atom is -0.358 e. The fourth-order valence-electron chi connectivity index (χ4n) is 3.18. The van der Waals surface area contributed by atoms with Gasteiger partial charge in [0, 0.05) is 30.1 Å². The largest absolute Gasteiger partial charge is 0.358 e. The zero-order chi connectivity index (χ0) is 18.5. The van der Waals surface area contributed by atoms with Crippen LogP contribution >= 0.6 is 0 Å². The molecule has 2 heterocycles. The molecule has 2 aromatic carbocycles. The van der Waals surface area contributed by atoms with Gasteiger partial charge in [0.15, 0.2) is 0 Å². The summed E-state index contributed by atoms with van der Waals surface area (Å²) in [7, 11) is 0. The van der Waals surface area contributed by atoms with E-state index < -0.39 is 0 Å². The Morgan fingerprint density at radius 1 is 0.815 bits per heavy atom. The Labute approximate surface area is 160 Å². The molecule has 4 nitrogen and oxygen atoms in total. The Balaban J connectivity index is 1.70. The molecule has 1 aliphatic rings. The van der Waals surface area contributed by atoms with Gasteiger partial charge in [-0.15, -0.1) is 0 Å². The van der Waals surface area contributed by atoms with Crippen LogP contribution in [-0.4, -0.2) is 28.1 Å². The van der Waals surface area contributed by atoms with Crippen LogP contribution in [0.25, 0.3) is 22.5 Å². The van der Waals surface area contributed by atoms with Gasteiger partial charge in [-0.3, -0.25) is 4.90 Å². The molecule has 136 valence electrons. The van der Waals surface area contributed by atoms with Crippen molar-refractivity contribution in [3.63, 3.8) is 0 Å². The minimum atomic E-state index is 0.741. The van der Waals surface area contributed by atoms with E-state index in [4.69, 9.17) is 9.97 Å². The molecule has 0 aliphatic carbocycles. The van der Waals surface area contributed by atoms with Gasteiger partial charge < -0.3 is 4.90 Å². The molecule has 0 fully saturated rings. The van der Waals surface area contributed by atoms with E-state index in [1.807, 2.05) is 36.4 Å². The van der Waals surface area contributed by atoms with E-state index in [0.717, 1.165) is 41.7 Å². The first kappa shape index (κ1) is 17.3. The Kier molecular flexibility index (Phi) is 5.15. The van der Waals surface area contributed by atoms with Crippen molar-refractivity contribution in [2.75, 3.05) is 18.1 Å². The van der Waals surface area contributed by atoms with Crippen LogP contribution in [0.5, 0.6) is 0 Å². The van der Waals surface area contributed by atoms with Crippen molar-refractivity contribution in [3.8, 4) is 22.5 Å². The summed E-state index contributed by atoms with van der Waals surface area (Å²) in [5, 5.41) is 0. The van der Waals surface area contributed by atoms with E-state index in [1.54, 1.807) is 0 Å². The summed E-state index contributed by atoms with van der Waals surface area (Å²) in [5.41, 5.74) is 4.09. The SMILES string of the molecule is CCCCN1C=CN(c2nc(-c3ccccc3)cc(-c3ccccc3)n2)C1. The predicted molar refractivity (Wildman–Crippen MR) is 111 cm³/mol. The van der Waals surface area contributed by atoms with Crippen LogP contribution in [0.15, 0.2) is 79.1 Å². The van der Waals surface area contributed by atoms with Crippen molar-refractivity contribution < 1.29 is 0 Å². The first-order chi connectivity index (χ1) is 13.3. The lowest BCUT2D eigenvalue weighted by Gasteiger charge is -2.20. The Morgan fingerprint density at radius 3 is 1.96 bits per heavy atom. The highest BCUT2D eigenvalue weighted by Gasteiger charge is 2.18. The van der Waals surface area contributed by atoms with Crippen LogP contribution in [0.2, 0.25) is 0 Å². The molecular formula is C23H24N4. The summed E-state index contributed by atoms with van der Waals surface area (Å²) in [6, 6.07) is 22.7. The molecule has 0 bridgehead atoms. The van der Waals surface area contributed by atoms with Gasteiger partial charge in [0.1, 0.15) is 0 Å². The van der Waals surface area contributed by atoms with Crippen molar-refractivity contribution in [2.45, 2.75) is 19.8 Å². The van der Waals surface area contributed by atoms with Gasteiger partial charge in [-0.2, -0.15) is 0 Å². The van der Waals surface area contributed by atoms with E-state index in [2.05, 4.69) is 59.5 Å². The zero-order valence-electron chi connectivity index (χ0n) is 15.6. The van der Waals surface area contributed by atoms with E-state index in [9.17, 15) is 0 Å². The molecule has 0 unspecified atom stereocenters. The lowest BCUT2D eigenvalue weighted by atomic mass is 10.1. The quantitative estimate of drug-likeness (QED) is 0.610. The third-order valence-corrected chi connectivity index (χ3v) is 4.70. The first-order valence-corrected chi connectivity index (χ1v) is 9.52. The number of hydrogen-bond donors (Lipinski definition) is 0. The average molecular weight is 356 g/mol. The number of aromatic nitrogens is 2. The van der Waals surface area contributed by atoms with Crippen LogP contribution in [-0.2, 0) is 0 Å². The normalized spacial score (nSPS) is 13.4. The number of anilines is 1. The van der Waals surface area contributed by atoms with Crippen LogP contribution in [0.3, 0.4) is 0 Å². The maximum absolute atomic E-state index is 4.86. The second kappa shape index (κ2) is 8.04. The lowest BCUT2D eigenvalue weighted by Crippen LogP contribution is -2.27. The maximum Gasteiger partial charge on any atom is 0.232 e. The van der Waals surface area contributed by atoms with Gasteiger partial charge in [-0.05, 0) is 12.5 Å². The summed E-state index contributed by atoms with van der Waals surface area (Å²) >= 11 is 0. The molecule has 4 heteroatoms. The Bertz CT molecular complexity index is 848. The molecule has 1 aliphatic heterocycles. The Hall–Kier alpha value is -3.14. The second-order valence-corrected chi connectivity index (χ2v) is 6.75. The van der Waals surface area contributed by atoms with Crippen LogP contribution in [0.1, 0.15) is 19.8 Å². The molecule has 0 radical (unpaired) electrons. The van der Waals surface area contributed by atoms with Crippen LogP contribution in [0, 0.1) is 0 Å². The van der Waals surface area contributed by atoms with E-state index in [0.29, 0.717) is 0 Å². The molecule has 0 N–H and O–H groups in total. The molecule has 27 heavy (non-hydrogen) atoms. The van der Waals surface area contributed by atoms with Crippen LogP contribution < -0.4 is 4.90 Å². The molecule has 0 amide bonds. The third-order valence-electron chi connectivity index (χ3n) is 4.70. The van der Waals surface area contributed by atoms with E-state index in [-0.39, 0.29) is 0 Å². The van der Waals surface area contributed by atoms with Crippen molar-refractivity contribution in [1.29, 1.82) is 0 Å². The molecule has 4 rings (SSSR count). The highest BCUT2D eigenvalue weighted by Crippen LogP contribution is 2.27. The van der Waals surface area contributed by atoms with Gasteiger partial charge >= 0.3 is 0 Å². The molecule has 3 aromatic rings. The average Bonchev–Trinajstić information content (AvgIpc) is 3.22. The van der Waals surface area contributed by atoms with Crippen molar-refractivity contribution in [3.05, 3.63) is 79.1 Å². The lowest BCUT2D eigenvalue weighted by molar-refractivity contribution is 0.395. The molecular weight excluding hydrogens is 332 g/mol. The highest BCUT2D eigenvalue weighted by atomic mass is 15.4. The topological polar surface area (TPSA) is 32.3 Å². The predicted octanol–water partition coefficient (Wildman–Crippen LogP) is 5.16. The zero-order valence-corrected chi connectivity index (χ0v) is 15.6. The van der Waals surface area contributed by atoms with Gasteiger partial charge in [0.2, 0.25) is 5.95 Å². The fraction of sp³-hybridized carbons (Fsp3) is 0.217. The minimum absolute atomic E-state index is 0.741. The molecule has 0 saturated heterocycles. The fourth-order valence-corrected chi connectivity index (χ4v) is 3.18. The van der Waals surface area contributed by atoms with E-state index in [1.165, 1.54) is 12.8 Å². The standard InChI is InChI=1S/C23H24N4/c1-2-3-14-26-15-16-27(18-26)23-24-21(19-10-6-4-7-11-19)17-22(25-23)20-12-8-5-9-13-20/h4-13,15-17H,2-3,14,18H2,1H3. The second-order valence-electron chi connectivity index (χ2n) is 6.75. The Morgan fingerprint density at radius 2 is 1.41 bits per heavy atom. The summed E-state index contributed by atoms with van der Waals surface area (Å²) in [6.45, 7) is 4.08. The smallest absolute Gasteiger partial charge is 0.232 e. The van der Waals surface area contributed by atoms with Gasteiger partial charge in [0.25, 0.3) is 0 Å². The summed E-state index contributed by atoms with van der Waals surface area (Å²) in [6.07, 6.45) is 6.60. The summed E-state index contributed by atoms with van der Waals surface area (Å²) < 4.78 is 0. The van der Waals surface area contributed by atoms with Gasteiger partial charge in [0.05, 0.1) is 18.1 Å². The van der Waals surface area contributed by atoms with Crippen LogP contribution in [0.4, 0.5) is 5.95 Å². The van der Waals surface area contributed by atoms with Gasteiger partial charge in [-0.1, -0.05) is 74.0 Å². The number of nitrogens with zero attached hydrogens (tertiary/aromatic N) is 4. The highest BCUT2D eigenvalue weighted by molar-refractivity contribution is 5.69. The van der Waals surface area contributed by atoms with Crippen molar-refractivity contribution >= 4 is 5.95 Å². The summed E-state index contributed by atoms with van der Waals surface area (Å²) in [5.74, 6) is 0.741. The molecule has 0 atom stereocenters. The van der Waals surface area contributed by atoms with Crippen molar-refractivity contribution in [1.82, 2.24) is 14.9 Å². The number of hydrogen-bond acceptors (Lipinski definition) is 4. The monoisotopic (exact) mass is 356 g/mol. The number of benzene rings is 2. The van der Waals surface area contributed by atoms with Gasteiger partial charge in [-0.25, -0.2) is 9.97 Å². The number of rotatable bonds is 6. The molecule has 1 aromatic heterocycles.